The van der Waals surface area contributed by atoms with Crippen molar-refractivity contribution in [3.05, 3.63) is 46.8 Å². The molecule has 0 bridgehead atoms. The van der Waals surface area contributed by atoms with Gasteiger partial charge in [-0.15, -0.1) is 0 Å². The maximum atomic E-state index is 12.7. The van der Waals surface area contributed by atoms with Crippen molar-refractivity contribution in [3.8, 4) is 11.4 Å². The van der Waals surface area contributed by atoms with Gasteiger partial charge < -0.3 is 19.5 Å². The van der Waals surface area contributed by atoms with Crippen LogP contribution in [-0.2, 0) is 33.6 Å². The first-order valence-electron chi connectivity index (χ1n) is 10.9. The van der Waals surface area contributed by atoms with Crippen molar-refractivity contribution in [1.82, 2.24) is 15.3 Å². The van der Waals surface area contributed by atoms with E-state index in [0.29, 0.717) is 31.1 Å². The van der Waals surface area contributed by atoms with E-state index >= 15 is 0 Å². The number of ether oxygens (including phenoxy) is 3. The number of fused-ring (bicyclic) bond motifs is 1. The van der Waals surface area contributed by atoms with Gasteiger partial charge in [-0.05, 0) is 51.7 Å². The fourth-order valence-corrected chi connectivity index (χ4v) is 3.48. The van der Waals surface area contributed by atoms with E-state index < -0.39 is 17.7 Å². The molecule has 0 saturated carbocycles. The van der Waals surface area contributed by atoms with E-state index in [-0.39, 0.29) is 6.61 Å². The van der Waals surface area contributed by atoms with Crippen molar-refractivity contribution < 1.29 is 23.8 Å². The summed E-state index contributed by atoms with van der Waals surface area (Å²) in [5.41, 5.74) is 3.22. The summed E-state index contributed by atoms with van der Waals surface area (Å²) in [6, 6.07) is 7.57. The minimum absolute atomic E-state index is 0.284. The summed E-state index contributed by atoms with van der Waals surface area (Å²) >= 11 is 0. The predicted molar refractivity (Wildman–Crippen MR) is 119 cm³/mol. The Morgan fingerprint density at radius 2 is 1.94 bits per heavy atom. The maximum Gasteiger partial charge on any atom is 0.407 e. The molecule has 172 valence electrons. The molecule has 0 radical (unpaired) electrons. The first-order chi connectivity index (χ1) is 15.3. The lowest BCUT2D eigenvalue weighted by Crippen LogP contribution is -2.32. The van der Waals surface area contributed by atoms with Gasteiger partial charge in [0.05, 0.1) is 6.61 Å². The van der Waals surface area contributed by atoms with Gasteiger partial charge in [0.2, 0.25) is 0 Å². The number of rotatable bonds is 8. The molecule has 0 aliphatic heterocycles. The van der Waals surface area contributed by atoms with Crippen molar-refractivity contribution in [2.24, 2.45) is 0 Å². The van der Waals surface area contributed by atoms with Gasteiger partial charge >= 0.3 is 12.1 Å². The van der Waals surface area contributed by atoms with E-state index in [0.717, 1.165) is 41.6 Å². The number of nitrogens with one attached hydrogen (secondary N) is 1. The molecule has 1 heterocycles. The molecule has 1 aliphatic rings. The molecule has 8 heteroatoms. The van der Waals surface area contributed by atoms with E-state index in [9.17, 15) is 9.59 Å². The standard InChI is InChI=1S/C24H31N3O5/c1-24(2,3)32-23(29)25-15-16-8-5-9-17(14-16)21-26-19-11-6-10-18(19)20(27-21)22(28)31-13-7-12-30-4/h5,8-9,14H,6-7,10-13,15H2,1-4H3,(H,25,29). The molecule has 1 amide bonds. The van der Waals surface area contributed by atoms with Crippen LogP contribution >= 0.6 is 0 Å². The van der Waals surface area contributed by atoms with Gasteiger partial charge in [0.1, 0.15) is 5.60 Å². The Morgan fingerprint density at radius 1 is 1.12 bits per heavy atom. The number of hydrogen-bond donors (Lipinski definition) is 1. The molecule has 1 aromatic heterocycles. The van der Waals surface area contributed by atoms with Crippen LogP contribution in [0.15, 0.2) is 24.3 Å². The molecule has 3 rings (SSSR count). The Labute approximate surface area is 188 Å². The molecule has 0 saturated heterocycles. The zero-order valence-corrected chi connectivity index (χ0v) is 19.2. The molecule has 32 heavy (non-hydrogen) atoms. The molecular weight excluding hydrogens is 410 g/mol. The van der Waals surface area contributed by atoms with Crippen LogP contribution in [-0.4, -0.2) is 48.0 Å². The van der Waals surface area contributed by atoms with Crippen LogP contribution in [0.2, 0.25) is 0 Å². The van der Waals surface area contributed by atoms with Gasteiger partial charge in [0.15, 0.2) is 11.5 Å². The van der Waals surface area contributed by atoms with Crippen LogP contribution in [0.5, 0.6) is 0 Å². The van der Waals surface area contributed by atoms with Gasteiger partial charge in [0.25, 0.3) is 0 Å². The summed E-state index contributed by atoms with van der Waals surface area (Å²) in [6.07, 6.45) is 2.69. The van der Waals surface area contributed by atoms with Crippen molar-refractivity contribution >= 4 is 12.1 Å². The Hall–Kier alpha value is -3.00. The third kappa shape index (κ3) is 6.50. The van der Waals surface area contributed by atoms with E-state index in [1.807, 2.05) is 45.0 Å². The summed E-state index contributed by atoms with van der Waals surface area (Å²) in [6.45, 7) is 6.58. The van der Waals surface area contributed by atoms with Crippen LogP contribution in [0.25, 0.3) is 11.4 Å². The highest BCUT2D eigenvalue weighted by molar-refractivity contribution is 5.90. The minimum atomic E-state index is -0.557. The van der Waals surface area contributed by atoms with Crippen LogP contribution in [0.1, 0.15) is 60.9 Å². The summed E-state index contributed by atoms with van der Waals surface area (Å²) < 4.78 is 15.7. The Balaban J connectivity index is 1.77. The number of carbonyl (C=O) groups excluding carboxylic acids is 2. The molecule has 1 N–H and O–H groups in total. The lowest BCUT2D eigenvalue weighted by molar-refractivity contribution is 0.0458. The molecule has 0 atom stereocenters. The van der Waals surface area contributed by atoms with Gasteiger partial charge in [-0.1, -0.05) is 18.2 Å². The molecule has 8 nitrogen and oxygen atoms in total. The zero-order valence-electron chi connectivity index (χ0n) is 19.2. The topological polar surface area (TPSA) is 99.6 Å². The fourth-order valence-electron chi connectivity index (χ4n) is 3.48. The normalized spacial score (nSPS) is 12.9. The van der Waals surface area contributed by atoms with Crippen LogP contribution in [0.3, 0.4) is 0 Å². The van der Waals surface area contributed by atoms with Gasteiger partial charge in [-0.2, -0.15) is 0 Å². The first kappa shape index (κ1) is 23.7. The third-order valence-corrected chi connectivity index (χ3v) is 4.87. The third-order valence-electron chi connectivity index (χ3n) is 4.87. The number of methoxy groups -OCH3 is 1. The highest BCUT2D eigenvalue weighted by Crippen LogP contribution is 2.27. The number of benzene rings is 1. The number of amides is 1. The van der Waals surface area contributed by atoms with Crippen LogP contribution < -0.4 is 5.32 Å². The van der Waals surface area contributed by atoms with Crippen LogP contribution in [0, 0.1) is 0 Å². The van der Waals surface area contributed by atoms with Crippen molar-refractivity contribution in [1.29, 1.82) is 0 Å². The summed E-state index contributed by atoms with van der Waals surface area (Å²) in [5.74, 6) is 0.0549. The van der Waals surface area contributed by atoms with Crippen molar-refractivity contribution in [2.75, 3.05) is 20.3 Å². The lowest BCUT2D eigenvalue weighted by atomic mass is 10.1. The molecule has 0 fully saturated rings. The number of aryl methyl sites for hydroxylation is 1. The molecule has 0 spiro atoms. The average molecular weight is 442 g/mol. The van der Waals surface area contributed by atoms with E-state index in [4.69, 9.17) is 19.2 Å². The lowest BCUT2D eigenvalue weighted by Gasteiger charge is -2.19. The number of carbonyl (C=O) groups is 2. The summed E-state index contributed by atoms with van der Waals surface area (Å²) in [4.78, 5) is 33.9. The van der Waals surface area contributed by atoms with Gasteiger partial charge in [0, 0.05) is 43.5 Å². The number of nitrogens with zero attached hydrogens (tertiary/aromatic N) is 2. The predicted octanol–water partition coefficient (Wildman–Crippen LogP) is 3.85. The zero-order chi connectivity index (χ0) is 23.1. The summed E-state index contributed by atoms with van der Waals surface area (Å²) in [7, 11) is 1.61. The number of alkyl carbamates (subject to hydrolysis) is 1. The first-order valence-corrected chi connectivity index (χ1v) is 10.9. The van der Waals surface area contributed by atoms with E-state index in [1.165, 1.54) is 0 Å². The fraction of sp³-hybridized carbons (Fsp3) is 0.500. The second-order valence-electron chi connectivity index (χ2n) is 8.71. The van der Waals surface area contributed by atoms with Gasteiger partial charge in [-0.25, -0.2) is 19.6 Å². The van der Waals surface area contributed by atoms with E-state index in [1.54, 1.807) is 7.11 Å². The SMILES string of the molecule is COCCCOC(=O)c1nc(-c2cccc(CNC(=O)OC(C)(C)C)c2)nc2c1CCC2. The largest absolute Gasteiger partial charge is 0.461 e. The van der Waals surface area contributed by atoms with Crippen LogP contribution in [0.4, 0.5) is 4.79 Å². The molecule has 1 aromatic carbocycles. The number of hydrogen-bond acceptors (Lipinski definition) is 7. The highest BCUT2D eigenvalue weighted by Gasteiger charge is 2.25. The quantitative estimate of drug-likeness (QED) is 0.491. The summed E-state index contributed by atoms with van der Waals surface area (Å²) in [5, 5.41) is 2.75. The molecule has 0 unspecified atom stereocenters. The second kappa shape index (κ2) is 10.5. The smallest absolute Gasteiger partial charge is 0.407 e. The van der Waals surface area contributed by atoms with Crippen molar-refractivity contribution in [2.45, 2.75) is 58.6 Å². The molecule has 1 aliphatic carbocycles. The average Bonchev–Trinajstić information content (AvgIpc) is 3.22. The van der Waals surface area contributed by atoms with Gasteiger partial charge in [-0.3, -0.25) is 0 Å². The Bertz CT molecular complexity index is 969. The maximum absolute atomic E-state index is 12.7. The molecular formula is C24H31N3O5. The van der Waals surface area contributed by atoms with Crippen molar-refractivity contribution in [3.63, 3.8) is 0 Å². The highest BCUT2D eigenvalue weighted by atomic mass is 16.6. The number of aromatic nitrogens is 2. The Kier molecular flexibility index (Phi) is 7.80. The minimum Gasteiger partial charge on any atom is -0.461 e. The number of esters is 1. The Morgan fingerprint density at radius 3 is 2.69 bits per heavy atom. The van der Waals surface area contributed by atoms with E-state index in [2.05, 4.69) is 10.3 Å². The second-order valence-corrected chi connectivity index (χ2v) is 8.71. The monoisotopic (exact) mass is 441 g/mol. The molecule has 2 aromatic rings.